The number of anilines is 1. The van der Waals surface area contributed by atoms with Crippen LogP contribution in [0.25, 0.3) is 0 Å². The van der Waals surface area contributed by atoms with E-state index in [-0.39, 0.29) is 0 Å². The number of likely N-dealkylation sites (N-methyl/N-ethyl adjacent to an activating group) is 2. The second-order valence-electron chi connectivity index (χ2n) is 5.70. The van der Waals surface area contributed by atoms with Crippen molar-refractivity contribution in [3.8, 4) is 0 Å². The maximum atomic E-state index is 4.57. The fourth-order valence-corrected chi connectivity index (χ4v) is 3.16. The molecule has 1 saturated heterocycles. The summed E-state index contributed by atoms with van der Waals surface area (Å²) < 4.78 is 2.01. The molecule has 1 fully saturated rings. The first kappa shape index (κ1) is 14.3. The molecule has 1 aromatic rings. The van der Waals surface area contributed by atoms with Crippen molar-refractivity contribution in [3.63, 3.8) is 0 Å². The highest BCUT2D eigenvalue weighted by molar-refractivity contribution is 5.49. The Labute approximate surface area is 116 Å². The molecule has 19 heavy (non-hydrogen) atoms. The fraction of sp³-hybridized carbons (Fsp3) is 0.786. The van der Waals surface area contributed by atoms with Crippen molar-refractivity contribution in [1.29, 1.82) is 0 Å². The minimum absolute atomic E-state index is 0.669. The first-order valence-corrected chi connectivity index (χ1v) is 7.13. The molecule has 0 aliphatic carbocycles. The van der Waals surface area contributed by atoms with Gasteiger partial charge in [0, 0.05) is 38.8 Å². The highest BCUT2D eigenvalue weighted by atomic mass is 15.4. The minimum Gasteiger partial charge on any atom is -0.358 e. The molecule has 2 heterocycles. The van der Waals surface area contributed by atoms with Crippen molar-refractivity contribution >= 4 is 5.82 Å². The molecule has 0 bridgehead atoms. The van der Waals surface area contributed by atoms with E-state index in [1.807, 2.05) is 18.8 Å². The number of likely N-dealkylation sites (tertiary alicyclic amines) is 1. The summed E-state index contributed by atoms with van der Waals surface area (Å²) in [6.45, 7) is 5.27. The molecule has 0 saturated carbocycles. The number of aryl methyl sites for hydroxylation is 2. The smallest absolute Gasteiger partial charge is 0.131 e. The van der Waals surface area contributed by atoms with Gasteiger partial charge in [-0.15, -0.1) is 0 Å². The van der Waals surface area contributed by atoms with Crippen LogP contribution in [0.5, 0.6) is 0 Å². The third kappa shape index (κ3) is 2.92. The molecule has 1 aromatic heterocycles. The van der Waals surface area contributed by atoms with Crippen molar-refractivity contribution in [2.24, 2.45) is 7.05 Å². The van der Waals surface area contributed by atoms with Gasteiger partial charge in [-0.2, -0.15) is 5.10 Å². The van der Waals surface area contributed by atoms with Gasteiger partial charge in [0.15, 0.2) is 0 Å². The van der Waals surface area contributed by atoms with Gasteiger partial charge in [-0.1, -0.05) is 0 Å². The standard InChI is InChI=1S/C14H27N5/c1-11-13(9-15-2)14(19(5)16-11)18(4)10-12-7-6-8-17(12)3/h12,15H,6-10H2,1-5H3. The fourth-order valence-electron chi connectivity index (χ4n) is 3.16. The lowest BCUT2D eigenvalue weighted by Gasteiger charge is -2.28. The highest BCUT2D eigenvalue weighted by Crippen LogP contribution is 2.24. The molecule has 1 aliphatic heterocycles. The average molecular weight is 265 g/mol. The Hall–Kier alpha value is -1.07. The van der Waals surface area contributed by atoms with Gasteiger partial charge in [0.2, 0.25) is 0 Å². The van der Waals surface area contributed by atoms with Gasteiger partial charge in [-0.3, -0.25) is 4.68 Å². The molecule has 2 rings (SSSR count). The largest absolute Gasteiger partial charge is 0.358 e. The number of hydrogen-bond donors (Lipinski definition) is 1. The van der Waals surface area contributed by atoms with Crippen molar-refractivity contribution < 1.29 is 0 Å². The monoisotopic (exact) mass is 265 g/mol. The summed E-state index contributed by atoms with van der Waals surface area (Å²) in [6, 6.07) is 0.669. The van der Waals surface area contributed by atoms with Gasteiger partial charge in [-0.05, 0) is 40.4 Å². The maximum Gasteiger partial charge on any atom is 0.131 e. The summed E-state index contributed by atoms with van der Waals surface area (Å²) in [6.07, 6.45) is 2.63. The normalized spacial score (nSPS) is 20.2. The highest BCUT2D eigenvalue weighted by Gasteiger charge is 2.24. The lowest BCUT2D eigenvalue weighted by atomic mass is 10.2. The van der Waals surface area contributed by atoms with Gasteiger partial charge in [0.1, 0.15) is 5.82 Å². The Morgan fingerprint density at radius 1 is 1.42 bits per heavy atom. The average Bonchev–Trinajstić information content (AvgIpc) is 2.85. The van der Waals surface area contributed by atoms with Gasteiger partial charge in [0.25, 0.3) is 0 Å². The molecule has 0 amide bonds. The minimum atomic E-state index is 0.669. The molecule has 1 aliphatic rings. The van der Waals surface area contributed by atoms with E-state index in [2.05, 4.69) is 41.2 Å². The first-order valence-electron chi connectivity index (χ1n) is 7.13. The van der Waals surface area contributed by atoms with Gasteiger partial charge in [-0.25, -0.2) is 0 Å². The number of rotatable bonds is 5. The predicted molar refractivity (Wildman–Crippen MR) is 79.6 cm³/mol. The van der Waals surface area contributed by atoms with E-state index < -0.39 is 0 Å². The van der Waals surface area contributed by atoms with Crippen LogP contribution in [0.1, 0.15) is 24.1 Å². The number of aromatic nitrogens is 2. The molecular weight excluding hydrogens is 238 g/mol. The molecule has 0 radical (unpaired) electrons. The molecule has 1 atom stereocenters. The zero-order valence-electron chi connectivity index (χ0n) is 12.9. The van der Waals surface area contributed by atoms with Crippen LogP contribution in [0.15, 0.2) is 0 Å². The zero-order chi connectivity index (χ0) is 14.0. The summed E-state index contributed by atoms with van der Waals surface area (Å²) in [7, 11) is 8.44. The van der Waals surface area contributed by atoms with E-state index in [4.69, 9.17) is 0 Å². The molecule has 5 heteroatoms. The van der Waals surface area contributed by atoms with Gasteiger partial charge >= 0.3 is 0 Å². The first-order chi connectivity index (χ1) is 9.04. The Bertz CT molecular complexity index is 426. The Morgan fingerprint density at radius 2 is 2.16 bits per heavy atom. The quantitative estimate of drug-likeness (QED) is 0.861. The van der Waals surface area contributed by atoms with Crippen LogP contribution >= 0.6 is 0 Å². The summed E-state index contributed by atoms with van der Waals surface area (Å²) in [4.78, 5) is 4.83. The van der Waals surface area contributed by atoms with Crippen LogP contribution in [0.4, 0.5) is 5.82 Å². The van der Waals surface area contributed by atoms with Crippen LogP contribution < -0.4 is 10.2 Å². The van der Waals surface area contributed by atoms with Crippen molar-refractivity contribution in [1.82, 2.24) is 20.0 Å². The SMILES string of the molecule is CNCc1c(C)nn(C)c1N(C)CC1CCCN1C. The second-order valence-corrected chi connectivity index (χ2v) is 5.70. The van der Waals surface area contributed by atoms with Gasteiger partial charge in [0.05, 0.1) is 5.69 Å². The number of nitrogens with zero attached hydrogens (tertiary/aromatic N) is 4. The molecule has 1 unspecified atom stereocenters. The van der Waals surface area contributed by atoms with E-state index >= 15 is 0 Å². The Morgan fingerprint density at radius 3 is 2.74 bits per heavy atom. The van der Waals surface area contributed by atoms with Crippen LogP contribution in [0, 0.1) is 6.92 Å². The third-order valence-corrected chi connectivity index (χ3v) is 4.18. The molecule has 5 nitrogen and oxygen atoms in total. The lowest BCUT2D eigenvalue weighted by Crippen LogP contribution is -2.37. The summed E-state index contributed by atoms with van der Waals surface area (Å²) in [5, 5.41) is 7.81. The van der Waals surface area contributed by atoms with E-state index in [1.165, 1.54) is 30.8 Å². The number of nitrogens with one attached hydrogen (secondary N) is 1. The van der Waals surface area contributed by atoms with Crippen LogP contribution in [-0.2, 0) is 13.6 Å². The number of hydrogen-bond acceptors (Lipinski definition) is 4. The van der Waals surface area contributed by atoms with E-state index in [0.717, 1.165) is 18.8 Å². The molecule has 108 valence electrons. The van der Waals surface area contributed by atoms with E-state index in [9.17, 15) is 0 Å². The summed E-state index contributed by atoms with van der Waals surface area (Å²) in [5.74, 6) is 1.24. The Kier molecular flexibility index (Phi) is 4.47. The Balaban J connectivity index is 2.15. The van der Waals surface area contributed by atoms with E-state index in [1.54, 1.807) is 0 Å². The second kappa shape index (κ2) is 5.92. The van der Waals surface area contributed by atoms with Crippen LogP contribution in [0.3, 0.4) is 0 Å². The summed E-state index contributed by atoms with van der Waals surface area (Å²) >= 11 is 0. The van der Waals surface area contributed by atoms with Crippen molar-refractivity contribution in [2.75, 3.05) is 39.1 Å². The van der Waals surface area contributed by atoms with E-state index in [0.29, 0.717) is 6.04 Å². The van der Waals surface area contributed by atoms with Gasteiger partial charge < -0.3 is 15.1 Å². The molecule has 0 spiro atoms. The third-order valence-electron chi connectivity index (χ3n) is 4.18. The van der Waals surface area contributed by atoms with Crippen molar-refractivity contribution in [2.45, 2.75) is 32.4 Å². The predicted octanol–water partition coefficient (Wildman–Crippen LogP) is 0.978. The summed E-state index contributed by atoms with van der Waals surface area (Å²) in [5.41, 5.74) is 2.44. The molecular formula is C14H27N5. The topological polar surface area (TPSA) is 36.3 Å². The lowest BCUT2D eigenvalue weighted by molar-refractivity contribution is 0.313. The molecule has 1 N–H and O–H groups in total. The molecule has 0 aromatic carbocycles. The van der Waals surface area contributed by atoms with Crippen LogP contribution in [0.2, 0.25) is 0 Å². The zero-order valence-corrected chi connectivity index (χ0v) is 12.9. The van der Waals surface area contributed by atoms with Crippen molar-refractivity contribution in [3.05, 3.63) is 11.3 Å². The van der Waals surface area contributed by atoms with Crippen LogP contribution in [-0.4, -0.2) is 55.0 Å². The maximum absolute atomic E-state index is 4.57.